The van der Waals surface area contributed by atoms with Crippen LogP contribution in [0, 0.1) is 13.8 Å². The molecule has 3 heterocycles. The molecule has 0 aliphatic carbocycles. The van der Waals surface area contributed by atoms with Crippen LogP contribution in [0.25, 0.3) is 0 Å². The zero-order chi connectivity index (χ0) is 19.0. The molecule has 0 saturated carbocycles. The van der Waals surface area contributed by atoms with E-state index in [2.05, 4.69) is 27.4 Å². The van der Waals surface area contributed by atoms with Crippen molar-refractivity contribution in [2.45, 2.75) is 32.7 Å². The van der Waals surface area contributed by atoms with Crippen LogP contribution in [0.4, 0.5) is 5.69 Å². The van der Waals surface area contributed by atoms with Crippen molar-refractivity contribution in [2.24, 2.45) is 7.05 Å². The van der Waals surface area contributed by atoms with E-state index in [-0.39, 0.29) is 11.9 Å². The Morgan fingerprint density at radius 1 is 1.26 bits per heavy atom. The molecule has 7 nitrogen and oxygen atoms in total. The maximum absolute atomic E-state index is 12.7. The lowest BCUT2D eigenvalue weighted by Gasteiger charge is -2.26. The van der Waals surface area contributed by atoms with E-state index < -0.39 is 0 Å². The molecule has 0 radical (unpaired) electrons. The van der Waals surface area contributed by atoms with Gasteiger partial charge in [-0.25, -0.2) is 0 Å². The van der Waals surface area contributed by atoms with E-state index in [9.17, 15) is 4.79 Å². The standard InChI is InChI=1S/C20H26N4O3/c1-13-20(14(2)23(3)22-13)21-19(25)12-24-8-4-5-16(24)15-6-7-17-18(11-15)27-10-9-26-17/h6-7,11,16H,4-5,8-10,12H2,1-3H3,(H,21,25)/t16-/m1/s1. The Labute approximate surface area is 159 Å². The number of anilines is 1. The first-order valence-electron chi connectivity index (χ1n) is 9.46. The number of ether oxygens (including phenoxy) is 2. The van der Waals surface area contributed by atoms with Crippen molar-refractivity contribution in [3.63, 3.8) is 0 Å². The van der Waals surface area contributed by atoms with E-state index in [0.29, 0.717) is 19.8 Å². The van der Waals surface area contributed by atoms with Crippen molar-refractivity contribution in [3.8, 4) is 11.5 Å². The third kappa shape index (κ3) is 3.51. The fraction of sp³-hybridized carbons (Fsp3) is 0.500. The summed E-state index contributed by atoms with van der Waals surface area (Å²) in [5.41, 5.74) is 3.80. The fourth-order valence-corrected chi connectivity index (χ4v) is 3.98. The average molecular weight is 370 g/mol. The first kappa shape index (κ1) is 17.9. The lowest BCUT2D eigenvalue weighted by atomic mass is 10.0. The van der Waals surface area contributed by atoms with Crippen LogP contribution in [0.15, 0.2) is 18.2 Å². The molecule has 1 N–H and O–H groups in total. The fourth-order valence-electron chi connectivity index (χ4n) is 3.98. The molecule has 2 aliphatic rings. The Kier molecular flexibility index (Phi) is 4.78. The van der Waals surface area contributed by atoms with Crippen LogP contribution in [-0.2, 0) is 11.8 Å². The van der Waals surface area contributed by atoms with Gasteiger partial charge in [-0.1, -0.05) is 6.07 Å². The average Bonchev–Trinajstić information content (AvgIpc) is 3.21. The van der Waals surface area contributed by atoms with Crippen LogP contribution < -0.4 is 14.8 Å². The molecule has 144 valence electrons. The predicted octanol–water partition coefficient (Wildman–Crippen LogP) is 2.58. The van der Waals surface area contributed by atoms with Crippen LogP contribution in [-0.4, -0.2) is 46.9 Å². The van der Waals surface area contributed by atoms with Gasteiger partial charge in [-0.15, -0.1) is 0 Å². The zero-order valence-electron chi connectivity index (χ0n) is 16.1. The number of benzene rings is 1. The molecular weight excluding hydrogens is 344 g/mol. The maximum Gasteiger partial charge on any atom is 0.238 e. The molecule has 1 aromatic heterocycles. The molecule has 27 heavy (non-hydrogen) atoms. The number of hydrogen-bond donors (Lipinski definition) is 1. The molecule has 1 saturated heterocycles. The summed E-state index contributed by atoms with van der Waals surface area (Å²) in [5.74, 6) is 1.60. The summed E-state index contributed by atoms with van der Waals surface area (Å²) in [6.45, 7) is 6.33. The SMILES string of the molecule is Cc1nn(C)c(C)c1NC(=O)CN1CCC[C@@H]1c1ccc2c(c1)OCCO2. The molecule has 2 aromatic rings. The van der Waals surface area contributed by atoms with E-state index in [1.165, 1.54) is 5.56 Å². The number of amides is 1. The number of nitrogens with one attached hydrogen (secondary N) is 1. The second kappa shape index (κ2) is 7.23. The van der Waals surface area contributed by atoms with Gasteiger partial charge in [0.1, 0.15) is 13.2 Å². The molecule has 1 aromatic carbocycles. The topological polar surface area (TPSA) is 68.6 Å². The van der Waals surface area contributed by atoms with E-state index in [1.807, 2.05) is 27.0 Å². The third-order valence-electron chi connectivity index (χ3n) is 5.43. The summed E-state index contributed by atoms with van der Waals surface area (Å²) >= 11 is 0. The zero-order valence-corrected chi connectivity index (χ0v) is 16.1. The molecule has 1 fully saturated rings. The number of fused-ring (bicyclic) bond motifs is 1. The summed E-state index contributed by atoms with van der Waals surface area (Å²) in [7, 11) is 1.89. The number of rotatable bonds is 4. The quantitative estimate of drug-likeness (QED) is 0.896. The lowest BCUT2D eigenvalue weighted by molar-refractivity contribution is -0.117. The second-order valence-corrected chi connectivity index (χ2v) is 7.25. The monoisotopic (exact) mass is 370 g/mol. The molecule has 0 spiro atoms. The van der Waals surface area contributed by atoms with Crippen molar-refractivity contribution < 1.29 is 14.3 Å². The van der Waals surface area contributed by atoms with E-state index in [1.54, 1.807) is 4.68 Å². The predicted molar refractivity (Wildman–Crippen MR) is 102 cm³/mol. The number of aromatic nitrogens is 2. The van der Waals surface area contributed by atoms with Gasteiger partial charge >= 0.3 is 0 Å². The summed E-state index contributed by atoms with van der Waals surface area (Å²) < 4.78 is 13.1. The van der Waals surface area contributed by atoms with Crippen molar-refractivity contribution >= 4 is 11.6 Å². The minimum Gasteiger partial charge on any atom is -0.486 e. The lowest BCUT2D eigenvalue weighted by Crippen LogP contribution is -2.33. The smallest absolute Gasteiger partial charge is 0.238 e. The Morgan fingerprint density at radius 2 is 2.04 bits per heavy atom. The first-order chi connectivity index (χ1) is 13.0. The Balaban J connectivity index is 1.46. The van der Waals surface area contributed by atoms with Crippen molar-refractivity contribution in [1.29, 1.82) is 0 Å². The van der Waals surface area contributed by atoms with Crippen molar-refractivity contribution in [1.82, 2.24) is 14.7 Å². The highest BCUT2D eigenvalue weighted by Crippen LogP contribution is 2.38. The van der Waals surface area contributed by atoms with E-state index in [4.69, 9.17) is 9.47 Å². The number of nitrogens with zero attached hydrogens (tertiary/aromatic N) is 3. The van der Waals surface area contributed by atoms with Gasteiger partial charge in [-0.2, -0.15) is 5.10 Å². The summed E-state index contributed by atoms with van der Waals surface area (Å²) in [6.07, 6.45) is 2.12. The van der Waals surface area contributed by atoms with Gasteiger partial charge < -0.3 is 14.8 Å². The van der Waals surface area contributed by atoms with Crippen LogP contribution in [0.3, 0.4) is 0 Å². The van der Waals surface area contributed by atoms with Gasteiger partial charge in [0.15, 0.2) is 11.5 Å². The van der Waals surface area contributed by atoms with E-state index in [0.717, 1.165) is 48.0 Å². The summed E-state index contributed by atoms with van der Waals surface area (Å²) in [6, 6.07) is 6.35. The minimum atomic E-state index is -0.00126. The second-order valence-electron chi connectivity index (χ2n) is 7.25. The number of carbonyl (C=O) groups excluding carboxylic acids is 1. The highest BCUT2D eigenvalue weighted by molar-refractivity contribution is 5.93. The molecule has 7 heteroatoms. The van der Waals surface area contributed by atoms with Crippen molar-refractivity contribution in [2.75, 3.05) is 31.6 Å². The molecule has 4 rings (SSSR count). The van der Waals surface area contributed by atoms with Crippen LogP contribution in [0.5, 0.6) is 11.5 Å². The number of aryl methyl sites for hydroxylation is 2. The maximum atomic E-state index is 12.7. The summed E-state index contributed by atoms with van der Waals surface area (Å²) in [5, 5.41) is 7.40. The molecule has 2 aliphatic heterocycles. The number of carbonyl (C=O) groups is 1. The van der Waals surface area contributed by atoms with Crippen LogP contribution in [0.2, 0.25) is 0 Å². The van der Waals surface area contributed by atoms with E-state index >= 15 is 0 Å². The molecular formula is C20H26N4O3. The normalized spacial score (nSPS) is 19.3. The Hall–Kier alpha value is -2.54. The molecule has 1 amide bonds. The van der Waals surface area contributed by atoms with Gasteiger partial charge in [-0.05, 0) is 50.9 Å². The highest BCUT2D eigenvalue weighted by atomic mass is 16.6. The third-order valence-corrected chi connectivity index (χ3v) is 5.43. The Morgan fingerprint density at radius 3 is 2.78 bits per heavy atom. The van der Waals surface area contributed by atoms with Gasteiger partial charge in [0.25, 0.3) is 0 Å². The van der Waals surface area contributed by atoms with Gasteiger partial charge in [0, 0.05) is 13.1 Å². The highest BCUT2D eigenvalue weighted by Gasteiger charge is 2.29. The van der Waals surface area contributed by atoms with Gasteiger partial charge in [-0.3, -0.25) is 14.4 Å². The molecule has 1 atom stereocenters. The number of hydrogen-bond acceptors (Lipinski definition) is 5. The molecule has 0 unspecified atom stereocenters. The van der Waals surface area contributed by atoms with Gasteiger partial charge in [0.05, 0.1) is 23.6 Å². The minimum absolute atomic E-state index is 0.00126. The summed E-state index contributed by atoms with van der Waals surface area (Å²) in [4.78, 5) is 14.9. The molecule has 0 bridgehead atoms. The van der Waals surface area contributed by atoms with Crippen LogP contribution in [0.1, 0.15) is 35.8 Å². The Bertz CT molecular complexity index is 861. The first-order valence-corrected chi connectivity index (χ1v) is 9.46. The van der Waals surface area contributed by atoms with Crippen molar-refractivity contribution in [3.05, 3.63) is 35.2 Å². The largest absolute Gasteiger partial charge is 0.486 e. The van der Waals surface area contributed by atoms with Gasteiger partial charge in [0.2, 0.25) is 5.91 Å². The number of likely N-dealkylation sites (tertiary alicyclic amines) is 1. The van der Waals surface area contributed by atoms with Crippen LogP contribution >= 0.6 is 0 Å².